The third-order valence-electron chi connectivity index (χ3n) is 2.59. The van der Waals surface area contributed by atoms with Gasteiger partial charge in [-0.1, -0.05) is 17.7 Å². The van der Waals surface area contributed by atoms with Gasteiger partial charge in [0.15, 0.2) is 0 Å². The van der Waals surface area contributed by atoms with Gasteiger partial charge in [0.2, 0.25) is 0 Å². The molecule has 0 fully saturated rings. The molecule has 1 aromatic rings. The quantitative estimate of drug-likeness (QED) is 0.824. The summed E-state index contributed by atoms with van der Waals surface area (Å²) in [7, 11) is 0. The molecule has 0 unspecified atom stereocenters. The Kier molecular flexibility index (Phi) is 6.68. The van der Waals surface area contributed by atoms with Gasteiger partial charge in [0, 0.05) is 6.42 Å². The van der Waals surface area contributed by atoms with Crippen LogP contribution < -0.4 is 5.32 Å². The van der Waals surface area contributed by atoms with E-state index in [0.717, 1.165) is 5.56 Å². The Hall–Kier alpha value is -1.75. The number of hydrogen-bond acceptors (Lipinski definition) is 4. The zero-order valence-electron chi connectivity index (χ0n) is 13.4. The third-order valence-corrected chi connectivity index (χ3v) is 2.92. The van der Waals surface area contributed by atoms with E-state index >= 15 is 0 Å². The second-order valence-electron chi connectivity index (χ2n) is 5.75. The zero-order chi connectivity index (χ0) is 16.8. The SMILES string of the molecule is CCOC(=O)CCc1ccc(Cl)c(NC(=O)OC(C)(C)C)c1. The smallest absolute Gasteiger partial charge is 0.412 e. The summed E-state index contributed by atoms with van der Waals surface area (Å²) in [6.07, 6.45) is 0.220. The Bertz CT molecular complexity index is 537. The minimum Gasteiger partial charge on any atom is -0.466 e. The number of hydrogen-bond donors (Lipinski definition) is 1. The summed E-state index contributed by atoms with van der Waals surface area (Å²) in [5.41, 5.74) is 0.749. The summed E-state index contributed by atoms with van der Waals surface area (Å²) < 4.78 is 10.1. The van der Waals surface area contributed by atoms with Crippen LogP contribution in [0.25, 0.3) is 0 Å². The standard InChI is InChI=1S/C16H22ClNO4/c1-5-21-14(19)9-7-11-6-8-12(17)13(10-11)18-15(20)22-16(2,3)4/h6,8,10H,5,7,9H2,1-4H3,(H,18,20). The molecular weight excluding hydrogens is 306 g/mol. The van der Waals surface area contributed by atoms with Gasteiger partial charge in [-0.2, -0.15) is 0 Å². The van der Waals surface area contributed by atoms with E-state index in [-0.39, 0.29) is 12.4 Å². The van der Waals surface area contributed by atoms with Crippen LogP contribution in [0.2, 0.25) is 5.02 Å². The first-order chi connectivity index (χ1) is 10.2. The molecule has 22 heavy (non-hydrogen) atoms. The van der Waals surface area contributed by atoms with Crippen LogP contribution in [-0.2, 0) is 20.7 Å². The van der Waals surface area contributed by atoms with E-state index in [1.165, 1.54) is 0 Å². The minimum absolute atomic E-state index is 0.251. The molecule has 122 valence electrons. The fourth-order valence-electron chi connectivity index (χ4n) is 1.72. The average Bonchev–Trinajstić information content (AvgIpc) is 2.38. The first-order valence-electron chi connectivity index (χ1n) is 7.15. The Morgan fingerprint density at radius 2 is 1.95 bits per heavy atom. The summed E-state index contributed by atoms with van der Waals surface area (Å²) in [5.74, 6) is -0.251. The number of amides is 1. The van der Waals surface area contributed by atoms with Crippen LogP contribution in [0.1, 0.15) is 39.7 Å². The van der Waals surface area contributed by atoms with Crippen LogP contribution in [0.3, 0.4) is 0 Å². The van der Waals surface area contributed by atoms with E-state index in [2.05, 4.69) is 5.32 Å². The lowest BCUT2D eigenvalue weighted by Crippen LogP contribution is -2.27. The van der Waals surface area contributed by atoms with Gasteiger partial charge in [-0.05, 0) is 51.8 Å². The van der Waals surface area contributed by atoms with Gasteiger partial charge in [0.1, 0.15) is 5.60 Å². The molecule has 0 atom stereocenters. The second-order valence-corrected chi connectivity index (χ2v) is 6.15. The Morgan fingerprint density at radius 3 is 2.55 bits per heavy atom. The molecule has 5 nitrogen and oxygen atoms in total. The van der Waals surface area contributed by atoms with Gasteiger partial charge in [0.05, 0.1) is 17.3 Å². The van der Waals surface area contributed by atoms with Gasteiger partial charge in [-0.25, -0.2) is 4.79 Å². The number of carbonyl (C=O) groups is 2. The van der Waals surface area contributed by atoms with E-state index in [1.54, 1.807) is 39.8 Å². The van der Waals surface area contributed by atoms with Crippen LogP contribution in [0, 0.1) is 0 Å². The van der Waals surface area contributed by atoms with Crippen molar-refractivity contribution in [3.63, 3.8) is 0 Å². The van der Waals surface area contributed by atoms with Crippen molar-refractivity contribution in [1.29, 1.82) is 0 Å². The van der Waals surface area contributed by atoms with Crippen LogP contribution in [0.4, 0.5) is 10.5 Å². The van der Waals surface area contributed by atoms with Gasteiger partial charge < -0.3 is 9.47 Å². The van der Waals surface area contributed by atoms with Crippen LogP contribution >= 0.6 is 11.6 Å². The number of halogens is 1. The number of ether oxygens (including phenoxy) is 2. The maximum Gasteiger partial charge on any atom is 0.412 e. The highest BCUT2D eigenvalue weighted by Crippen LogP contribution is 2.24. The van der Waals surface area contributed by atoms with E-state index in [9.17, 15) is 9.59 Å². The lowest BCUT2D eigenvalue weighted by molar-refractivity contribution is -0.143. The predicted octanol–water partition coefficient (Wildman–Crippen LogP) is 4.18. The summed E-state index contributed by atoms with van der Waals surface area (Å²) >= 11 is 6.06. The summed E-state index contributed by atoms with van der Waals surface area (Å²) in [6, 6.07) is 5.21. The molecule has 1 aromatic carbocycles. The van der Waals surface area contributed by atoms with E-state index < -0.39 is 11.7 Å². The fraction of sp³-hybridized carbons (Fsp3) is 0.500. The molecule has 0 radical (unpaired) electrons. The average molecular weight is 328 g/mol. The van der Waals surface area contributed by atoms with Crippen molar-refractivity contribution in [3.05, 3.63) is 28.8 Å². The maximum atomic E-state index is 11.8. The molecule has 0 aliphatic rings. The van der Waals surface area contributed by atoms with Crippen LogP contribution in [0.15, 0.2) is 18.2 Å². The Balaban J connectivity index is 2.69. The van der Waals surface area contributed by atoms with Crippen molar-refractivity contribution in [2.24, 2.45) is 0 Å². The first kappa shape index (κ1) is 18.3. The highest BCUT2D eigenvalue weighted by atomic mass is 35.5. The number of carbonyl (C=O) groups excluding carboxylic acids is 2. The van der Waals surface area contributed by atoms with Gasteiger partial charge in [-0.15, -0.1) is 0 Å². The third kappa shape index (κ3) is 6.80. The molecule has 1 rings (SSSR count). The molecule has 6 heteroatoms. The molecule has 1 amide bonds. The lowest BCUT2D eigenvalue weighted by atomic mass is 10.1. The topological polar surface area (TPSA) is 64.6 Å². The maximum absolute atomic E-state index is 11.8. The summed E-state index contributed by atoms with van der Waals surface area (Å²) in [5, 5.41) is 3.02. The molecule has 0 bridgehead atoms. The normalized spacial score (nSPS) is 11.0. The zero-order valence-corrected chi connectivity index (χ0v) is 14.1. The van der Waals surface area contributed by atoms with Gasteiger partial charge in [-0.3, -0.25) is 10.1 Å². The second kappa shape index (κ2) is 8.03. The molecule has 0 saturated heterocycles. The van der Waals surface area contributed by atoms with Crippen molar-refractivity contribution in [2.45, 2.75) is 46.1 Å². The van der Waals surface area contributed by atoms with Crippen molar-refractivity contribution in [3.8, 4) is 0 Å². The van der Waals surface area contributed by atoms with Gasteiger partial charge >= 0.3 is 12.1 Å². The summed E-state index contributed by atoms with van der Waals surface area (Å²) in [4.78, 5) is 23.1. The molecule has 1 N–H and O–H groups in total. The molecule has 0 saturated carbocycles. The van der Waals surface area contributed by atoms with E-state index in [0.29, 0.717) is 23.7 Å². The molecule has 0 aromatic heterocycles. The Morgan fingerprint density at radius 1 is 1.27 bits per heavy atom. The van der Waals surface area contributed by atoms with E-state index in [4.69, 9.17) is 21.1 Å². The first-order valence-corrected chi connectivity index (χ1v) is 7.53. The predicted molar refractivity (Wildman–Crippen MR) is 86.3 cm³/mol. The van der Waals surface area contributed by atoms with Crippen LogP contribution in [0.5, 0.6) is 0 Å². The Labute approximate surface area is 135 Å². The highest BCUT2D eigenvalue weighted by Gasteiger charge is 2.17. The molecule has 0 aliphatic heterocycles. The van der Waals surface area contributed by atoms with Crippen LogP contribution in [-0.4, -0.2) is 24.3 Å². The van der Waals surface area contributed by atoms with Crippen molar-refractivity contribution < 1.29 is 19.1 Å². The molecular formula is C16H22ClNO4. The largest absolute Gasteiger partial charge is 0.466 e. The number of benzene rings is 1. The lowest BCUT2D eigenvalue weighted by Gasteiger charge is -2.20. The number of aryl methyl sites for hydroxylation is 1. The van der Waals surface area contributed by atoms with Crippen molar-refractivity contribution in [1.82, 2.24) is 0 Å². The highest BCUT2D eigenvalue weighted by molar-refractivity contribution is 6.33. The minimum atomic E-state index is -0.585. The number of rotatable bonds is 5. The van der Waals surface area contributed by atoms with Gasteiger partial charge in [0.25, 0.3) is 0 Å². The van der Waals surface area contributed by atoms with Crippen molar-refractivity contribution >= 4 is 29.4 Å². The molecule has 0 spiro atoms. The fourth-order valence-corrected chi connectivity index (χ4v) is 1.88. The molecule has 0 heterocycles. The number of anilines is 1. The van der Waals surface area contributed by atoms with E-state index in [1.807, 2.05) is 6.07 Å². The molecule has 0 aliphatic carbocycles. The van der Waals surface area contributed by atoms with Crippen molar-refractivity contribution in [2.75, 3.05) is 11.9 Å². The summed E-state index contributed by atoms with van der Waals surface area (Å²) in [6.45, 7) is 7.48. The monoisotopic (exact) mass is 327 g/mol. The number of esters is 1. The number of nitrogens with one attached hydrogen (secondary N) is 1.